The summed E-state index contributed by atoms with van der Waals surface area (Å²) in [7, 11) is 0. The Hall–Kier alpha value is -3.07. The van der Waals surface area contributed by atoms with E-state index >= 15 is 0 Å². The number of nitrogens with zero attached hydrogens (tertiary/aromatic N) is 5. The number of halogens is 3. The molecule has 0 amide bonds. The molecule has 0 aliphatic rings. The molecular weight excluding hydrogens is 444 g/mol. The standard InChI is InChI=1S/C20H16BrF2N5O/c1-13-25-19(21)11-26(13)9-14-5-7-15(8-6-14)28-20(29)27(12-24-28)10-16-17(22)3-2-4-18(16)23/h2-8,11-12H,9-10H2,1H3. The Morgan fingerprint density at radius 3 is 2.31 bits per heavy atom. The van der Waals surface area contributed by atoms with E-state index in [4.69, 9.17) is 0 Å². The van der Waals surface area contributed by atoms with E-state index in [0.29, 0.717) is 12.2 Å². The molecule has 29 heavy (non-hydrogen) atoms. The smallest absolute Gasteiger partial charge is 0.330 e. The van der Waals surface area contributed by atoms with Crippen molar-refractivity contribution < 1.29 is 8.78 Å². The first kappa shape index (κ1) is 19.3. The van der Waals surface area contributed by atoms with Gasteiger partial charge in [-0.25, -0.2) is 18.6 Å². The molecule has 4 rings (SSSR count). The summed E-state index contributed by atoms with van der Waals surface area (Å²) in [5.74, 6) is -0.512. The molecule has 2 aromatic carbocycles. The first-order chi connectivity index (χ1) is 13.9. The van der Waals surface area contributed by atoms with Gasteiger partial charge in [-0.1, -0.05) is 18.2 Å². The van der Waals surface area contributed by atoms with E-state index in [-0.39, 0.29) is 12.1 Å². The van der Waals surface area contributed by atoms with E-state index in [1.54, 1.807) is 12.1 Å². The summed E-state index contributed by atoms with van der Waals surface area (Å²) < 4.78 is 32.9. The van der Waals surface area contributed by atoms with E-state index in [1.807, 2.05) is 29.8 Å². The molecule has 0 bridgehead atoms. The van der Waals surface area contributed by atoms with Crippen molar-refractivity contribution >= 4 is 15.9 Å². The SMILES string of the molecule is Cc1nc(Br)cn1Cc1ccc(-n2ncn(Cc3c(F)cccc3F)c2=O)cc1. The highest BCUT2D eigenvalue weighted by Crippen LogP contribution is 2.15. The average molecular weight is 460 g/mol. The van der Waals surface area contributed by atoms with Gasteiger partial charge in [-0.2, -0.15) is 9.78 Å². The normalized spacial score (nSPS) is 11.2. The summed E-state index contributed by atoms with van der Waals surface area (Å²) in [6, 6.07) is 10.9. The van der Waals surface area contributed by atoms with Gasteiger partial charge in [0.15, 0.2) is 0 Å². The van der Waals surface area contributed by atoms with Crippen LogP contribution in [0.5, 0.6) is 0 Å². The zero-order chi connectivity index (χ0) is 20.5. The van der Waals surface area contributed by atoms with E-state index in [0.717, 1.165) is 28.1 Å². The molecular formula is C20H16BrF2N5O. The van der Waals surface area contributed by atoms with Crippen molar-refractivity contribution in [2.75, 3.05) is 0 Å². The van der Waals surface area contributed by atoms with E-state index in [1.165, 1.54) is 21.6 Å². The maximum atomic E-state index is 13.9. The van der Waals surface area contributed by atoms with Gasteiger partial charge in [0.1, 0.15) is 28.4 Å². The Kier molecular flexibility index (Phi) is 5.14. The maximum absolute atomic E-state index is 13.9. The molecule has 0 aliphatic carbocycles. The number of imidazole rings is 1. The molecule has 4 aromatic rings. The Morgan fingerprint density at radius 1 is 1.00 bits per heavy atom. The van der Waals surface area contributed by atoms with Gasteiger partial charge in [0.05, 0.1) is 12.2 Å². The van der Waals surface area contributed by atoms with Crippen LogP contribution in [-0.4, -0.2) is 23.9 Å². The Labute approximate surface area is 173 Å². The lowest BCUT2D eigenvalue weighted by Crippen LogP contribution is -2.24. The third-order valence-corrected chi connectivity index (χ3v) is 4.99. The van der Waals surface area contributed by atoms with Gasteiger partial charge in [-0.15, -0.1) is 0 Å². The van der Waals surface area contributed by atoms with E-state index < -0.39 is 17.3 Å². The number of hydrogen-bond acceptors (Lipinski definition) is 3. The molecule has 0 fully saturated rings. The molecule has 0 unspecified atom stereocenters. The Morgan fingerprint density at radius 2 is 1.69 bits per heavy atom. The van der Waals surface area contributed by atoms with E-state index in [2.05, 4.69) is 26.0 Å². The predicted octanol–water partition coefficient (Wildman–Crippen LogP) is 3.68. The minimum Gasteiger partial charge on any atom is -0.330 e. The second kappa shape index (κ2) is 7.75. The summed E-state index contributed by atoms with van der Waals surface area (Å²) in [6.07, 6.45) is 3.17. The van der Waals surface area contributed by atoms with Crippen LogP contribution in [0.15, 0.2) is 64.4 Å². The summed E-state index contributed by atoms with van der Waals surface area (Å²) in [5.41, 5.74) is 0.943. The quantitative estimate of drug-likeness (QED) is 0.457. The molecule has 6 nitrogen and oxygen atoms in total. The van der Waals surface area contributed by atoms with Crippen LogP contribution in [0.2, 0.25) is 0 Å². The molecule has 0 N–H and O–H groups in total. The lowest BCUT2D eigenvalue weighted by atomic mass is 10.2. The van der Waals surface area contributed by atoms with Crippen LogP contribution in [0.4, 0.5) is 8.78 Å². The summed E-state index contributed by atoms with van der Waals surface area (Å²) in [6.45, 7) is 2.33. The first-order valence-corrected chi connectivity index (χ1v) is 9.57. The van der Waals surface area contributed by atoms with Crippen molar-refractivity contribution in [3.05, 3.63) is 98.7 Å². The molecule has 0 aliphatic heterocycles. The van der Waals surface area contributed by atoms with Gasteiger partial charge in [-0.3, -0.25) is 4.57 Å². The first-order valence-electron chi connectivity index (χ1n) is 8.78. The van der Waals surface area contributed by atoms with Crippen LogP contribution >= 0.6 is 15.9 Å². The number of aryl methyl sites for hydroxylation is 1. The van der Waals surface area contributed by atoms with Gasteiger partial charge in [0, 0.05) is 18.3 Å². The van der Waals surface area contributed by atoms with Crippen LogP contribution in [0.25, 0.3) is 5.69 Å². The zero-order valence-electron chi connectivity index (χ0n) is 15.4. The van der Waals surface area contributed by atoms with E-state index in [9.17, 15) is 13.6 Å². The number of hydrogen-bond donors (Lipinski definition) is 0. The van der Waals surface area contributed by atoms with Crippen molar-refractivity contribution in [2.24, 2.45) is 0 Å². The molecule has 0 atom stereocenters. The minimum absolute atomic E-state index is 0.175. The largest absolute Gasteiger partial charge is 0.350 e. The fourth-order valence-corrected chi connectivity index (χ4v) is 3.55. The molecule has 0 spiro atoms. The summed E-state index contributed by atoms with van der Waals surface area (Å²) in [4.78, 5) is 16.9. The molecule has 0 saturated heterocycles. The van der Waals surface area contributed by atoms with Crippen molar-refractivity contribution in [1.29, 1.82) is 0 Å². The van der Waals surface area contributed by atoms with Gasteiger partial charge in [-0.05, 0) is 52.7 Å². The van der Waals surface area contributed by atoms with Crippen molar-refractivity contribution in [1.82, 2.24) is 23.9 Å². The van der Waals surface area contributed by atoms with Crippen LogP contribution in [0.1, 0.15) is 17.0 Å². The topological polar surface area (TPSA) is 57.6 Å². The average Bonchev–Trinajstić information content (AvgIpc) is 3.20. The van der Waals surface area contributed by atoms with Crippen LogP contribution < -0.4 is 5.69 Å². The third kappa shape index (κ3) is 3.91. The van der Waals surface area contributed by atoms with Crippen molar-refractivity contribution in [2.45, 2.75) is 20.0 Å². The van der Waals surface area contributed by atoms with Crippen molar-refractivity contribution in [3.8, 4) is 5.69 Å². The van der Waals surface area contributed by atoms with Crippen molar-refractivity contribution in [3.63, 3.8) is 0 Å². The Bertz CT molecular complexity index is 1210. The predicted molar refractivity (Wildman–Crippen MR) is 107 cm³/mol. The maximum Gasteiger partial charge on any atom is 0.350 e. The zero-order valence-corrected chi connectivity index (χ0v) is 17.0. The molecule has 148 valence electrons. The van der Waals surface area contributed by atoms with Gasteiger partial charge < -0.3 is 4.57 Å². The lowest BCUT2D eigenvalue weighted by molar-refractivity contribution is 0.541. The monoisotopic (exact) mass is 459 g/mol. The van der Waals surface area contributed by atoms with Gasteiger partial charge in [0.25, 0.3) is 0 Å². The minimum atomic E-state index is -0.699. The fraction of sp³-hybridized carbons (Fsp3) is 0.150. The highest BCUT2D eigenvalue weighted by Gasteiger charge is 2.13. The van der Waals surface area contributed by atoms with Crippen LogP contribution in [-0.2, 0) is 13.1 Å². The molecule has 0 saturated carbocycles. The number of rotatable bonds is 5. The second-order valence-corrected chi connectivity index (χ2v) is 7.37. The van der Waals surface area contributed by atoms with Crippen LogP contribution in [0, 0.1) is 18.6 Å². The molecule has 9 heteroatoms. The molecule has 2 heterocycles. The molecule has 0 radical (unpaired) electrons. The highest BCUT2D eigenvalue weighted by atomic mass is 79.9. The summed E-state index contributed by atoms with van der Waals surface area (Å²) >= 11 is 3.35. The highest BCUT2D eigenvalue weighted by molar-refractivity contribution is 9.10. The Balaban J connectivity index is 1.56. The number of benzene rings is 2. The second-order valence-electron chi connectivity index (χ2n) is 6.56. The van der Waals surface area contributed by atoms with Crippen LogP contribution in [0.3, 0.4) is 0 Å². The number of aromatic nitrogens is 5. The lowest BCUT2D eigenvalue weighted by Gasteiger charge is -2.07. The van der Waals surface area contributed by atoms with Gasteiger partial charge in [0.2, 0.25) is 0 Å². The summed E-state index contributed by atoms with van der Waals surface area (Å²) in [5, 5.41) is 4.07. The third-order valence-electron chi connectivity index (χ3n) is 4.60. The van der Waals surface area contributed by atoms with Gasteiger partial charge >= 0.3 is 5.69 Å². The molecule has 2 aromatic heterocycles. The fourth-order valence-electron chi connectivity index (χ4n) is 3.04.